The van der Waals surface area contributed by atoms with Crippen molar-refractivity contribution in [1.82, 2.24) is 25.0 Å². The number of H-pyrrole nitrogens is 1. The van der Waals surface area contributed by atoms with E-state index in [0.717, 1.165) is 63.6 Å². The van der Waals surface area contributed by atoms with Crippen molar-refractivity contribution in [3.05, 3.63) is 12.2 Å². The van der Waals surface area contributed by atoms with E-state index in [4.69, 9.17) is 5.73 Å². The van der Waals surface area contributed by atoms with Crippen LogP contribution in [0.3, 0.4) is 0 Å². The summed E-state index contributed by atoms with van der Waals surface area (Å²) in [5, 5.41) is 6.91. The van der Waals surface area contributed by atoms with Crippen molar-refractivity contribution in [3.63, 3.8) is 0 Å². The second-order valence-electron chi connectivity index (χ2n) is 7.99. The third-order valence-corrected chi connectivity index (χ3v) is 6.29. The lowest BCUT2D eigenvalue weighted by Crippen LogP contribution is -2.45. The largest absolute Gasteiger partial charge is 0.343 e. The first-order valence-corrected chi connectivity index (χ1v) is 9.83. The molecule has 25 heavy (non-hydrogen) atoms. The van der Waals surface area contributed by atoms with Crippen molar-refractivity contribution in [2.75, 3.05) is 26.2 Å². The Labute approximate surface area is 149 Å². The molecule has 3 aliphatic rings. The fraction of sp³-hybridized carbons (Fsp3) is 0.833. The molecule has 1 saturated carbocycles. The standard InChI is InChI=1S/C18H30N6O/c19-10-16-4-3-15(24(16)11-13-1-2-13)9-17(25)23-7-5-14(6-8-23)18-20-12-21-22-18/h12-16H,1-11,19H2,(H,20,21,22)/t15-,16+/m0/s1. The molecule has 3 fully saturated rings. The summed E-state index contributed by atoms with van der Waals surface area (Å²) in [6, 6.07) is 0.879. The molecule has 1 aromatic rings. The molecule has 1 amide bonds. The Kier molecular flexibility index (Phi) is 5.03. The Hall–Kier alpha value is -1.47. The summed E-state index contributed by atoms with van der Waals surface area (Å²) < 4.78 is 0. The molecule has 0 bridgehead atoms. The maximum absolute atomic E-state index is 12.8. The van der Waals surface area contributed by atoms with Crippen molar-refractivity contribution in [2.24, 2.45) is 11.7 Å². The van der Waals surface area contributed by atoms with Gasteiger partial charge in [0, 0.05) is 50.6 Å². The number of nitrogens with zero attached hydrogens (tertiary/aromatic N) is 4. The van der Waals surface area contributed by atoms with Crippen LogP contribution in [0.1, 0.15) is 56.7 Å². The molecule has 2 aliphatic heterocycles. The van der Waals surface area contributed by atoms with Crippen LogP contribution in [0.2, 0.25) is 0 Å². The van der Waals surface area contributed by atoms with E-state index >= 15 is 0 Å². The van der Waals surface area contributed by atoms with Gasteiger partial charge < -0.3 is 10.6 Å². The van der Waals surface area contributed by atoms with Gasteiger partial charge in [-0.05, 0) is 44.4 Å². The van der Waals surface area contributed by atoms with E-state index in [1.54, 1.807) is 6.33 Å². The highest BCUT2D eigenvalue weighted by Gasteiger charge is 2.38. The van der Waals surface area contributed by atoms with Crippen LogP contribution >= 0.6 is 0 Å². The average molecular weight is 346 g/mol. The zero-order chi connectivity index (χ0) is 17.2. The fourth-order valence-electron chi connectivity index (χ4n) is 4.53. The molecule has 2 atom stereocenters. The molecule has 1 aromatic heterocycles. The van der Waals surface area contributed by atoms with E-state index in [1.807, 2.05) is 0 Å². The number of piperidine rings is 1. The number of hydrogen-bond acceptors (Lipinski definition) is 5. The molecule has 4 rings (SSSR count). The Balaban J connectivity index is 1.29. The van der Waals surface area contributed by atoms with Crippen LogP contribution in [0.25, 0.3) is 0 Å². The second kappa shape index (κ2) is 7.41. The molecular formula is C18H30N6O. The smallest absolute Gasteiger partial charge is 0.224 e. The first-order chi connectivity index (χ1) is 12.2. The minimum absolute atomic E-state index is 0.319. The molecule has 2 saturated heterocycles. The van der Waals surface area contributed by atoms with Gasteiger partial charge in [-0.15, -0.1) is 0 Å². The number of nitrogens with two attached hydrogens (primary N) is 1. The summed E-state index contributed by atoms with van der Waals surface area (Å²) in [5.74, 6) is 2.54. The van der Waals surface area contributed by atoms with Crippen LogP contribution in [-0.4, -0.2) is 69.2 Å². The van der Waals surface area contributed by atoms with Crippen LogP contribution in [0.4, 0.5) is 0 Å². The number of hydrogen-bond donors (Lipinski definition) is 2. The Morgan fingerprint density at radius 2 is 1.92 bits per heavy atom. The first-order valence-electron chi connectivity index (χ1n) is 9.83. The van der Waals surface area contributed by atoms with Gasteiger partial charge in [-0.25, -0.2) is 4.98 Å². The third-order valence-electron chi connectivity index (χ3n) is 6.29. The predicted octanol–water partition coefficient (Wildman–Crippen LogP) is 1.10. The third kappa shape index (κ3) is 3.87. The molecular weight excluding hydrogens is 316 g/mol. The molecule has 0 radical (unpaired) electrons. The monoisotopic (exact) mass is 346 g/mol. The van der Waals surface area contributed by atoms with Gasteiger partial charge in [0.2, 0.25) is 5.91 Å². The Bertz CT molecular complexity index is 564. The van der Waals surface area contributed by atoms with E-state index in [2.05, 4.69) is 25.0 Å². The van der Waals surface area contributed by atoms with E-state index in [0.29, 0.717) is 30.3 Å². The van der Waals surface area contributed by atoms with Crippen LogP contribution < -0.4 is 5.73 Å². The van der Waals surface area contributed by atoms with Crippen molar-refractivity contribution in [1.29, 1.82) is 0 Å². The molecule has 0 aromatic carbocycles. The molecule has 138 valence electrons. The summed E-state index contributed by atoms with van der Waals surface area (Å²) in [5.41, 5.74) is 5.97. The van der Waals surface area contributed by atoms with Crippen molar-refractivity contribution in [2.45, 2.75) is 62.9 Å². The number of carbonyl (C=O) groups is 1. The summed E-state index contributed by atoms with van der Waals surface area (Å²) in [6.45, 7) is 3.53. The van der Waals surface area contributed by atoms with Gasteiger partial charge in [-0.2, -0.15) is 5.10 Å². The highest BCUT2D eigenvalue weighted by atomic mass is 16.2. The lowest BCUT2D eigenvalue weighted by atomic mass is 9.95. The van der Waals surface area contributed by atoms with Gasteiger partial charge in [-0.3, -0.25) is 14.8 Å². The quantitative estimate of drug-likeness (QED) is 0.805. The summed E-state index contributed by atoms with van der Waals surface area (Å²) in [4.78, 5) is 21.7. The number of amides is 1. The zero-order valence-electron chi connectivity index (χ0n) is 14.9. The Morgan fingerprint density at radius 1 is 1.16 bits per heavy atom. The van der Waals surface area contributed by atoms with Gasteiger partial charge in [0.1, 0.15) is 12.2 Å². The topological polar surface area (TPSA) is 91.1 Å². The van der Waals surface area contributed by atoms with Crippen molar-refractivity contribution < 1.29 is 4.79 Å². The molecule has 7 nitrogen and oxygen atoms in total. The normalized spacial score (nSPS) is 28.6. The maximum atomic E-state index is 12.8. The van der Waals surface area contributed by atoms with Crippen molar-refractivity contribution in [3.8, 4) is 0 Å². The van der Waals surface area contributed by atoms with E-state index < -0.39 is 0 Å². The van der Waals surface area contributed by atoms with Gasteiger partial charge >= 0.3 is 0 Å². The lowest BCUT2D eigenvalue weighted by molar-refractivity contribution is -0.133. The van der Waals surface area contributed by atoms with Crippen molar-refractivity contribution >= 4 is 5.91 Å². The zero-order valence-corrected chi connectivity index (χ0v) is 14.9. The minimum Gasteiger partial charge on any atom is -0.343 e. The number of nitrogens with one attached hydrogen (secondary N) is 1. The lowest BCUT2D eigenvalue weighted by Gasteiger charge is -2.34. The highest BCUT2D eigenvalue weighted by Crippen LogP contribution is 2.35. The van der Waals surface area contributed by atoms with Gasteiger partial charge in [0.05, 0.1) is 0 Å². The number of aromatic nitrogens is 3. The Morgan fingerprint density at radius 3 is 2.56 bits per heavy atom. The SMILES string of the molecule is NC[C@H]1CC[C@@H](CC(=O)N2CCC(c3ncn[nH]3)CC2)N1CC1CC1. The number of rotatable bonds is 6. The molecule has 0 spiro atoms. The van der Waals surface area contributed by atoms with Crippen LogP contribution in [0.5, 0.6) is 0 Å². The molecule has 0 unspecified atom stereocenters. The number of carbonyl (C=O) groups excluding carboxylic acids is 1. The van der Waals surface area contributed by atoms with Crippen LogP contribution in [0, 0.1) is 5.92 Å². The van der Waals surface area contributed by atoms with E-state index in [1.165, 1.54) is 12.8 Å². The number of likely N-dealkylation sites (tertiary alicyclic amines) is 2. The molecule has 3 heterocycles. The summed E-state index contributed by atoms with van der Waals surface area (Å²) >= 11 is 0. The average Bonchev–Trinajstić information content (AvgIpc) is 3.14. The van der Waals surface area contributed by atoms with Gasteiger partial charge in [-0.1, -0.05) is 0 Å². The second-order valence-corrected chi connectivity index (χ2v) is 7.99. The highest BCUT2D eigenvalue weighted by molar-refractivity contribution is 5.77. The van der Waals surface area contributed by atoms with Crippen LogP contribution in [-0.2, 0) is 4.79 Å². The fourth-order valence-corrected chi connectivity index (χ4v) is 4.53. The molecule has 1 aliphatic carbocycles. The first kappa shape index (κ1) is 17.0. The minimum atomic E-state index is 0.319. The number of aromatic amines is 1. The summed E-state index contributed by atoms with van der Waals surface area (Å²) in [7, 11) is 0. The molecule has 3 N–H and O–H groups in total. The predicted molar refractivity (Wildman–Crippen MR) is 94.8 cm³/mol. The van der Waals surface area contributed by atoms with Gasteiger partial charge in [0.15, 0.2) is 0 Å². The summed E-state index contributed by atoms with van der Waals surface area (Å²) in [6.07, 6.45) is 9.15. The van der Waals surface area contributed by atoms with Crippen LogP contribution in [0.15, 0.2) is 6.33 Å². The van der Waals surface area contributed by atoms with E-state index in [9.17, 15) is 4.79 Å². The maximum Gasteiger partial charge on any atom is 0.224 e. The van der Waals surface area contributed by atoms with Gasteiger partial charge in [0.25, 0.3) is 0 Å². The molecule has 7 heteroatoms. The van der Waals surface area contributed by atoms with E-state index in [-0.39, 0.29) is 0 Å².